The highest BCUT2D eigenvalue weighted by Crippen LogP contribution is 2.32. The van der Waals surface area contributed by atoms with Crippen LogP contribution in [0.3, 0.4) is 0 Å². The summed E-state index contributed by atoms with van der Waals surface area (Å²) in [5, 5.41) is -0.795. The van der Waals surface area contributed by atoms with Crippen LogP contribution in [0.2, 0.25) is 0 Å². The maximum atomic E-state index is 14.1. The number of ether oxygens (including phenoxy) is 1. The smallest absolute Gasteiger partial charge is 0.299 e. The first-order chi connectivity index (χ1) is 16.0. The molecule has 2 heterocycles. The fourth-order valence-electron chi connectivity index (χ4n) is 4.85. The fourth-order valence-corrected chi connectivity index (χ4v) is 6.54. The van der Waals surface area contributed by atoms with Gasteiger partial charge in [-0.05, 0) is 83.3 Å². The number of piperidine rings is 1. The Morgan fingerprint density at radius 1 is 1.15 bits per heavy atom. The van der Waals surface area contributed by atoms with E-state index in [9.17, 15) is 12.8 Å². The maximum Gasteiger partial charge on any atom is 0.299 e. The van der Waals surface area contributed by atoms with E-state index in [2.05, 4.69) is 33.8 Å². The van der Waals surface area contributed by atoms with E-state index in [4.69, 9.17) is 4.74 Å². The van der Waals surface area contributed by atoms with Crippen LogP contribution in [0.5, 0.6) is 0 Å². The van der Waals surface area contributed by atoms with E-state index in [0.717, 1.165) is 31.5 Å². The molecule has 184 valence electrons. The van der Waals surface area contributed by atoms with Crippen molar-refractivity contribution in [2.75, 3.05) is 20.1 Å². The summed E-state index contributed by atoms with van der Waals surface area (Å²) in [6, 6.07) is 13.9. The minimum atomic E-state index is -3.76. The van der Waals surface area contributed by atoms with E-state index in [1.54, 1.807) is 39.0 Å². The number of aliphatic imine (C=N–C) groups is 1. The molecule has 2 aliphatic rings. The van der Waals surface area contributed by atoms with Crippen molar-refractivity contribution in [3.63, 3.8) is 0 Å². The summed E-state index contributed by atoms with van der Waals surface area (Å²) in [4.78, 5) is 6.68. The molecule has 0 amide bonds. The Balaban J connectivity index is 1.48. The molecule has 6 nitrogen and oxygen atoms in total. The van der Waals surface area contributed by atoms with Gasteiger partial charge in [-0.25, -0.2) is 22.5 Å². The molecule has 0 unspecified atom stereocenters. The molecule has 4 rings (SSSR count). The summed E-state index contributed by atoms with van der Waals surface area (Å²) in [6.45, 7) is 7.42. The molecule has 0 saturated carbocycles. The highest BCUT2D eigenvalue weighted by atomic mass is 32.2. The van der Waals surface area contributed by atoms with Gasteiger partial charge in [-0.2, -0.15) is 0 Å². The molecule has 0 radical (unpaired) electrons. The second kappa shape index (κ2) is 9.66. The first-order valence-corrected chi connectivity index (χ1v) is 13.4. The van der Waals surface area contributed by atoms with Crippen LogP contribution in [0.25, 0.3) is 0 Å². The van der Waals surface area contributed by atoms with Crippen molar-refractivity contribution < 1.29 is 17.5 Å². The molecular weight excluding hydrogens is 453 g/mol. The molecule has 34 heavy (non-hydrogen) atoms. The van der Waals surface area contributed by atoms with Crippen LogP contribution in [0.4, 0.5) is 4.39 Å². The zero-order valence-electron chi connectivity index (χ0n) is 20.3. The van der Waals surface area contributed by atoms with Crippen LogP contribution in [-0.4, -0.2) is 50.3 Å². The molecule has 2 atom stereocenters. The Labute approximate surface area is 202 Å². The topological polar surface area (TPSA) is 71.0 Å². The number of nitrogens with zero attached hydrogens (tertiary/aromatic N) is 2. The van der Waals surface area contributed by atoms with E-state index in [1.165, 1.54) is 11.6 Å². The number of halogens is 1. The summed E-state index contributed by atoms with van der Waals surface area (Å²) in [7, 11) is -1.61. The minimum Gasteiger partial charge on any atom is -0.457 e. The van der Waals surface area contributed by atoms with Crippen molar-refractivity contribution in [2.45, 2.75) is 62.8 Å². The number of benzene rings is 2. The third-order valence-corrected chi connectivity index (χ3v) is 8.94. The Morgan fingerprint density at radius 3 is 2.41 bits per heavy atom. The van der Waals surface area contributed by atoms with Gasteiger partial charge in [0.15, 0.2) is 0 Å². The Hall–Kier alpha value is -2.45. The summed E-state index contributed by atoms with van der Waals surface area (Å²) in [5.74, 6) is 0.166. The molecule has 2 saturated heterocycles. The number of rotatable bonds is 5. The van der Waals surface area contributed by atoms with Crippen LogP contribution >= 0.6 is 0 Å². The summed E-state index contributed by atoms with van der Waals surface area (Å²) >= 11 is 0. The van der Waals surface area contributed by atoms with Crippen molar-refractivity contribution in [2.24, 2.45) is 4.99 Å². The lowest BCUT2D eigenvalue weighted by molar-refractivity contribution is 0.0762. The van der Waals surface area contributed by atoms with Gasteiger partial charge in [0.2, 0.25) is 10.0 Å². The Kier molecular flexibility index (Phi) is 7.01. The fraction of sp³-hybridized carbons (Fsp3) is 0.500. The standard InChI is InChI=1S/C26H34FN3O3S/c1-18(22-7-5-6-8-23(22)27)28-25-29-34(31,32)24(26(2,3)33-25)17-19-9-11-20(12-10-19)21-13-15-30(4)16-14-21/h5-12,18,21,24H,13-17H2,1-4H3,(H,28,29)/t18-,24+/m0/s1. The Morgan fingerprint density at radius 2 is 1.79 bits per heavy atom. The predicted molar refractivity (Wildman–Crippen MR) is 133 cm³/mol. The van der Waals surface area contributed by atoms with E-state index < -0.39 is 26.9 Å². The molecule has 0 bridgehead atoms. The third kappa shape index (κ3) is 5.44. The highest BCUT2D eigenvalue weighted by Gasteiger charge is 2.47. The predicted octanol–water partition coefficient (Wildman–Crippen LogP) is 4.39. The van der Waals surface area contributed by atoms with Gasteiger partial charge in [0.05, 0.1) is 6.04 Å². The van der Waals surface area contributed by atoms with Gasteiger partial charge in [-0.3, -0.25) is 0 Å². The molecule has 8 heteroatoms. The average molecular weight is 488 g/mol. The highest BCUT2D eigenvalue weighted by molar-refractivity contribution is 7.90. The van der Waals surface area contributed by atoms with Crippen LogP contribution < -0.4 is 4.72 Å². The van der Waals surface area contributed by atoms with Gasteiger partial charge in [0.25, 0.3) is 6.02 Å². The molecule has 2 aromatic rings. The molecule has 0 aromatic heterocycles. The maximum absolute atomic E-state index is 14.1. The van der Waals surface area contributed by atoms with Crippen molar-refractivity contribution in [1.82, 2.24) is 9.62 Å². The van der Waals surface area contributed by atoms with E-state index in [-0.39, 0.29) is 11.8 Å². The van der Waals surface area contributed by atoms with Crippen LogP contribution in [0.15, 0.2) is 53.5 Å². The van der Waals surface area contributed by atoms with Crippen molar-refractivity contribution >= 4 is 16.0 Å². The molecule has 2 aromatic carbocycles. The summed E-state index contributed by atoms with van der Waals surface area (Å²) < 4.78 is 49.0. The molecular formula is C26H34FN3O3S. The third-order valence-electron chi connectivity index (χ3n) is 7.00. The first-order valence-electron chi connectivity index (χ1n) is 11.9. The van der Waals surface area contributed by atoms with Gasteiger partial charge in [0.1, 0.15) is 16.7 Å². The molecule has 0 aliphatic carbocycles. The monoisotopic (exact) mass is 487 g/mol. The normalized spacial score (nSPS) is 24.9. The summed E-state index contributed by atoms with van der Waals surface area (Å²) in [6.07, 6.45) is 2.61. The van der Waals surface area contributed by atoms with Crippen LogP contribution in [0.1, 0.15) is 62.3 Å². The van der Waals surface area contributed by atoms with Gasteiger partial charge in [-0.1, -0.05) is 42.5 Å². The van der Waals surface area contributed by atoms with Crippen LogP contribution in [-0.2, 0) is 21.2 Å². The molecule has 2 fully saturated rings. The van der Waals surface area contributed by atoms with Gasteiger partial charge in [0, 0.05) is 5.56 Å². The molecule has 1 N–H and O–H groups in total. The van der Waals surface area contributed by atoms with E-state index >= 15 is 0 Å². The van der Waals surface area contributed by atoms with Gasteiger partial charge >= 0.3 is 0 Å². The van der Waals surface area contributed by atoms with E-state index in [1.807, 2.05) is 12.1 Å². The minimum absolute atomic E-state index is 0.102. The second-order valence-electron chi connectivity index (χ2n) is 10.00. The number of amidine groups is 1. The van der Waals surface area contributed by atoms with Gasteiger partial charge in [-0.15, -0.1) is 0 Å². The molecule has 2 aliphatic heterocycles. The van der Waals surface area contributed by atoms with Crippen LogP contribution in [0, 0.1) is 5.82 Å². The summed E-state index contributed by atoms with van der Waals surface area (Å²) in [5.41, 5.74) is 1.63. The SMILES string of the molecule is C[C@H](N=C1NS(=O)(=O)[C@H](Cc2ccc(C3CCN(C)CC3)cc2)C(C)(C)O1)c1ccccc1F. The first kappa shape index (κ1) is 24.7. The number of sulfonamides is 1. The molecule has 0 spiro atoms. The number of hydrogen-bond donors (Lipinski definition) is 1. The average Bonchev–Trinajstić information content (AvgIpc) is 2.77. The van der Waals surface area contributed by atoms with Crippen molar-refractivity contribution in [3.8, 4) is 0 Å². The second-order valence-corrected chi connectivity index (χ2v) is 11.9. The zero-order chi connectivity index (χ0) is 24.5. The van der Waals surface area contributed by atoms with Crippen molar-refractivity contribution in [3.05, 3.63) is 71.0 Å². The quantitative estimate of drug-likeness (QED) is 0.679. The van der Waals surface area contributed by atoms with Crippen molar-refractivity contribution in [1.29, 1.82) is 0 Å². The number of nitrogens with one attached hydrogen (secondary N) is 1. The largest absolute Gasteiger partial charge is 0.457 e. The number of hydrogen-bond acceptors (Lipinski definition) is 5. The lowest BCUT2D eigenvalue weighted by Gasteiger charge is -2.39. The lowest BCUT2D eigenvalue weighted by atomic mass is 9.88. The van der Waals surface area contributed by atoms with Gasteiger partial charge < -0.3 is 9.64 Å². The Bertz CT molecular complexity index is 1140. The number of likely N-dealkylation sites (tertiary alicyclic amines) is 1. The van der Waals surface area contributed by atoms with E-state index in [0.29, 0.717) is 17.9 Å². The lowest BCUT2D eigenvalue weighted by Crippen LogP contribution is -2.59. The zero-order valence-corrected chi connectivity index (χ0v) is 21.1.